The van der Waals surface area contributed by atoms with Crippen LogP contribution in [-0.2, 0) is 31.3 Å². The van der Waals surface area contributed by atoms with Crippen LogP contribution in [0.4, 0.5) is 0 Å². The molecule has 88 valence electrons. The zero-order valence-corrected chi connectivity index (χ0v) is 10.2. The molecule has 0 spiro atoms. The molecular weight excluding hydrogens is 240 g/mol. The zero-order valence-electron chi connectivity index (χ0n) is 8.67. The van der Waals surface area contributed by atoms with Crippen LogP contribution in [0.3, 0.4) is 0 Å². The predicted molar refractivity (Wildman–Crippen MR) is 47.8 cm³/mol. The summed E-state index contributed by atoms with van der Waals surface area (Å²) in [6.07, 6.45) is 0. The Morgan fingerprint density at radius 3 is 1.13 bits per heavy atom. The molecular formula is C8H16O6Ti. The molecule has 0 radical (unpaired) electrons. The first kappa shape index (κ1) is 20.0. The van der Waals surface area contributed by atoms with Crippen molar-refractivity contribution in [3.05, 3.63) is 0 Å². The van der Waals surface area contributed by atoms with E-state index >= 15 is 0 Å². The second kappa shape index (κ2) is 11.6. The molecule has 0 fully saturated rings. The first-order valence-corrected chi connectivity index (χ1v) is 4.04. The molecule has 0 aliphatic rings. The van der Waals surface area contributed by atoms with Crippen molar-refractivity contribution < 1.29 is 51.7 Å². The second-order valence-electron chi connectivity index (χ2n) is 2.84. The summed E-state index contributed by atoms with van der Waals surface area (Å²) in [5, 5.41) is 32.3. The fraction of sp³-hybridized carbons (Fsp3) is 0.750. The third kappa shape index (κ3) is 13.6. The third-order valence-corrected chi connectivity index (χ3v) is 1.39. The van der Waals surface area contributed by atoms with Crippen molar-refractivity contribution in [2.45, 2.75) is 13.8 Å². The summed E-state index contributed by atoms with van der Waals surface area (Å²) < 4.78 is 0. The van der Waals surface area contributed by atoms with Crippen molar-refractivity contribution in [3.8, 4) is 0 Å². The smallest absolute Gasteiger partial charge is 0.308 e. The third-order valence-electron chi connectivity index (χ3n) is 1.39. The van der Waals surface area contributed by atoms with Crippen LogP contribution in [0.5, 0.6) is 0 Å². The summed E-state index contributed by atoms with van der Waals surface area (Å²) >= 11 is 0. The van der Waals surface area contributed by atoms with Crippen molar-refractivity contribution in [1.82, 2.24) is 0 Å². The maximum atomic E-state index is 9.77. The molecule has 0 rings (SSSR count). The van der Waals surface area contributed by atoms with Gasteiger partial charge in [-0.05, 0) is 13.8 Å². The molecule has 0 aromatic rings. The molecule has 0 aromatic heterocycles. The minimum atomic E-state index is -0.956. The van der Waals surface area contributed by atoms with Gasteiger partial charge >= 0.3 is 11.9 Å². The quantitative estimate of drug-likeness (QED) is 0.499. The van der Waals surface area contributed by atoms with E-state index in [1.807, 2.05) is 0 Å². The number of hydrogen-bond donors (Lipinski definition) is 4. The fourth-order valence-corrected chi connectivity index (χ4v) is 0.156. The first-order chi connectivity index (χ1) is 6.36. The Hall–Kier alpha value is -0.426. The molecule has 4 N–H and O–H groups in total. The van der Waals surface area contributed by atoms with Gasteiger partial charge < -0.3 is 20.4 Å². The summed E-state index contributed by atoms with van der Waals surface area (Å²) in [6.45, 7) is 2.33. The maximum absolute atomic E-state index is 9.77. The number of hydrogen-bond acceptors (Lipinski definition) is 4. The standard InChI is InChI=1S/2C4H8O3.Ti/c2*1-3(2-5)4(6)7;/h2*3,5H,2H2,1H3,(H,6,7);. The van der Waals surface area contributed by atoms with Gasteiger partial charge in [0.15, 0.2) is 0 Å². The topological polar surface area (TPSA) is 115 Å². The van der Waals surface area contributed by atoms with Crippen LogP contribution in [0.25, 0.3) is 0 Å². The monoisotopic (exact) mass is 256 g/mol. The average molecular weight is 256 g/mol. The van der Waals surface area contributed by atoms with Crippen LogP contribution in [-0.4, -0.2) is 45.6 Å². The van der Waals surface area contributed by atoms with Gasteiger partial charge in [-0.3, -0.25) is 9.59 Å². The normalized spacial score (nSPS) is 12.5. The van der Waals surface area contributed by atoms with Crippen LogP contribution < -0.4 is 0 Å². The molecule has 15 heavy (non-hydrogen) atoms. The van der Waals surface area contributed by atoms with Crippen LogP contribution >= 0.6 is 0 Å². The van der Waals surface area contributed by atoms with Crippen LogP contribution in [0.1, 0.15) is 13.8 Å². The molecule has 0 amide bonds. The number of aliphatic carboxylic acids is 2. The second-order valence-corrected chi connectivity index (χ2v) is 2.84. The van der Waals surface area contributed by atoms with Crippen molar-refractivity contribution >= 4 is 11.9 Å². The molecule has 2 atom stereocenters. The molecule has 0 bridgehead atoms. The summed E-state index contributed by atoms with van der Waals surface area (Å²) in [5.41, 5.74) is 0. The fourth-order valence-electron chi connectivity index (χ4n) is 0.156. The Morgan fingerprint density at radius 2 is 1.13 bits per heavy atom. The predicted octanol–water partition coefficient (Wildman–Crippen LogP) is -0.604. The summed E-state index contributed by atoms with van der Waals surface area (Å²) in [7, 11) is 0. The molecule has 0 aliphatic carbocycles. The van der Waals surface area contributed by atoms with Crippen molar-refractivity contribution in [1.29, 1.82) is 0 Å². The van der Waals surface area contributed by atoms with Gasteiger partial charge in [-0.1, -0.05) is 0 Å². The molecule has 6 nitrogen and oxygen atoms in total. The van der Waals surface area contributed by atoms with E-state index in [1.165, 1.54) is 13.8 Å². The van der Waals surface area contributed by atoms with Crippen LogP contribution in [0.15, 0.2) is 0 Å². The molecule has 2 unspecified atom stereocenters. The number of rotatable bonds is 4. The SMILES string of the molecule is CC(CO)C(=O)O.CC(CO)C(=O)O.[Ti]. The zero-order chi connectivity index (χ0) is 11.7. The molecule has 0 heterocycles. The van der Waals surface area contributed by atoms with E-state index in [0.29, 0.717) is 0 Å². The number of carbonyl (C=O) groups is 2. The van der Waals surface area contributed by atoms with E-state index in [0.717, 1.165) is 0 Å². The van der Waals surface area contributed by atoms with Crippen LogP contribution in [0.2, 0.25) is 0 Å². The largest absolute Gasteiger partial charge is 0.481 e. The molecule has 0 saturated heterocycles. The Morgan fingerprint density at radius 1 is 0.933 bits per heavy atom. The molecule has 0 aliphatic heterocycles. The minimum absolute atomic E-state index is 0. The Kier molecular flexibility index (Phi) is 15.6. The van der Waals surface area contributed by atoms with Gasteiger partial charge in [-0.25, -0.2) is 0 Å². The van der Waals surface area contributed by atoms with Crippen LogP contribution in [0, 0.1) is 11.8 Å². The maximum Gasteiger partial charge on any atom is 0.308 e. The summed E-state index contributed by atoms with van der Waals surface area (Å²) in [5.74, 6) is -3.16. The number of carboxylic acid groups (broad SMARTS) is 2. The van der Waals surface area contributed by atoms with Gasteiger partial charge in [0, 0.05) is 21.7 Å². The summed E-state index contributed by atoms with van der Waals surface area (Å²) in [6, 6.07) is 0. The van der Waals surface area contributed by atoms with Crippen molar-refractivity contribution in [2.75, 3.05) is 13.2 Å². The molecule has 7 heteroatoms. The van der Waals surface area contributed by atoms with Gasteiger partial charge in [0.05, 0.1) is 25.0 Å². The summed E-state index contributed by atoms with van der Waals surface area (Å²) in [4.78, 5) is 19.5. The minimum Gasteiger partial charge on any atom is -0.481 e. The van der Waals surface area contributed by atoms with Gasteiger partial charge in [0.25, 0.3) is 0 Å². The number of carboxylic acids is 2. The van der Waals surface area contributed by atoms with Gasteiger partial charge in [0.1, 0.15) is 0 Å². The Bertz CT molecular complexity index is 164. The average Bonchev–Trinajstić information content (AvgIpc) is 2.15. The first-order valence-electron chi connectivity index (χ1n) is 4.04. The number of aliphatic hydroxyl groups is 2. The number of aliphatic hydroxyl groups excluding tert-OH is 2. The molecule has 0 aromatic carbocycles. The van der Waals surface area contributed by atoms with E-state index in [2.05, 4.69) is 0 Å². The Labute approximate surface area is 103 Å². The van der Waals surface area contributed by atoms with Gasteiger partial charge in [0.2, 0.25) is 0 Å². The Balaban J connectivity index is -0.000000180. The van der Waals surface area contributed by atoms with Gasteiger partial charge in [-0.15, -0.1) is 0 Å². The van der Waals surface area contributed by atoms with E-state index in [1.54, 1.807) is 0 Å². The van der Waals surface area contributed by atoms with E-state index in [-0.39, 0.29) is 34.9 Å². The van der Waals surface area contributed by atoms with Crippen molar-refractivity contribution in [2.24, 2.45) is 11.8 Å². The van der Waals surface area contributed by atoms with E-state index in [9.17, 15) is 9.59 Å². The van der Waals surface area contributed by atoms with Gasteiger partial charge in [-0.2, -0.15) is 0 Å². The van der Waals surface area contributed by atoms with E-state index in [4.69, 9.17) is 20.4 Å². The van der Waals surface area contributed by atoms with Crippen molar-refractivity contribution in [3.63, 3.8) is 0 Å². The molecule has 0 saturated carbocycles. The van der Waals surface area contributed by atoms with E-state index < -0.39 is 23.8 Å².